The van der Waals surface area contributed by atoms with Crippen molar-refractivity contribution in [2.45, 2.75) is 32.8 Å². The zero-order valence-electron chi connectivity index (χ0n) is 9.42. The molecule has 2 atom stereocenters. The minimum absolute atomic E-state index is 0.00365. The van der Waals surface area contributed by atoms with Gasteiger partial charge in [0.15, 0.2) is 0 Å². The van der Waals surface area contributed by atoms with Gasteiger partial charge in [-0.2, -0.15) is 8.42 Å². The van der Waals surface area contributed by atoms with Crippen molar-refractivity contribution in [1.82, 2.24) is 4.90 Å². The summed E-state index contributed by atoms with van der Waals surface area (Å²) in [6.07, 6.45) is 0.559. The molecule has 0 radical (unpaired) electrons. The van der Waals surface area contributed by atoms with Crippen LogP contribution in [0.15, 0.2) is 0 Å². The molecule has 1 aliphatic heterocycles. The van der Waals surface area contributed by atoms with Crippen molar-refractivity contribution < 1.29 is 21.9 Å². The highest BCUT2D eigenvalue weighted by Gasteiger charge is 2.31. The van der Waals surface area contributed by atoms with Crippen LogP contribution < -0.4 is 0 Å². The fraction of sp³-hybridized carbons (Fsp3) is 0.889. The maximum atomic E-state index is 11.7. The minimum atomic E-state index is -4.42. The SMILES string of the molecule is CCC(C)C(=O)N1CC[C@H](OS(=O)(=O)O)C1. The van der Waals surface area contributed by atoms with Crippen LogP contribution in [0.5, 0.6) is 0 Å². The average Bonchev–Trinajstić information content (AvgIpc) is 2.61. The van der Waals surface area contributed by atoms with Gasteiger partial charge < -0.3 is 4.90 Å². The Kier molecular flexibility index (Phi) is 4.28. The lowest BCUT2D eigenvalue weighted by Crippen LogP contribution is -2.34. The van der Waals surface area contributed by atoms with E-state index in [9.17, 15) is 13.2 Å². The highest BCUT2D eigenvalue weighted by atomic mass is 32.3. The first-order chi connectivity index (χ1) is 7.33. The van der Waals surface area contributed by atoms with Crippen LogP contribution >= 0.6 is 0 Å². The van der Waals surface area contributed by atoms with Crippen LogP contribution in [-0.2, 0) is 19.4 Å². The van der Waals surface area contributed by atoms with Gasteiger partial charge in [0, 0.05) is 19.0 Å². The molecule has 94 valence electrons. The second-order valence-electron chi connectivity index (χ2n) is 4.03. The number of nitrogens with zero attached hydrogens (tertiary/aromatic N) is 1. The topological polar surface area (TPSA) is 83.9 Å². The molecule has 16 heavy (non-hydrogen) atoms. The molecule has 1 amide bonds. The first-order valence-corrected chi connectivity index (χ1v) is 6.64. The number of rotatable bonds is 4. The third-order valence-electron chi connectivity index (χ3n) is 2.75. The zero-order chi connectivity index (χ0) is 12.3. The Bertz CT molecular complexity index is 353. The third-order valence-corrected chi connectivity index (χ3v) is 3.26. The highest BCUT2D eigenvalue weighted by molar-refractivity contribution is 7.80. The summed E-state index contributed by atoms with van der Waals surface area (Å²) in [5.74, 6) is -0.0616. The van der Waals surface area contributed by atoms with Crippen LogP contribution in [0.2, 0.25) is 0 Å². The Hall–Kier alpha value is -0.660. The van der Waals surface area contributed by atoms with Gasteiger partial charge in [-0.3, -0.25) is 9.35 Å². The molecule has 7 heteroatoms. The Balaban J connectivity index is 2.50. The molecule has 0 aromatic rings. The molecule has 6 nitrogen and oxygen atoms in total. The lowest BCUT2D eigenvalue weighted by Gasteiger charge is -2.19. The molecule has 0 aromatic heterocycles. The van der Waals surface area contributed by atoms with Gasteiger partial charge in [-0.25, -0.2) is 4.18 Å². The van der Waals surface area contributed by atoms with Crippen LogP contribution in [0, 0.1) is 5.92 Å². The molecule has 1 aliphatic rings. The molecule has 0 spiro atoms. The lowest BCUT2D eigenvalue weighted by atomic mass is 10.1. The summed E-state index contributed by atoms with van der Waals surface area (Å²) in [7, 11) is -4.42. The average molecular weight is 251 g/mol. The van der Waals surface area contributed by atoms with Crippen molar-refractivity contribution in [2.24, 2.45) is 5.92 Å². The Morgan fingerprint density at radius 1 is 1.62 bits per heavy atom. The first kappa shape index (κ1) is 13.4. The van der Waals surface area contributed by atoms with E-state index in [-0.39, 0.29) is 18.4 Å². The van der Waals surface area contributed by atoms with Crippen molar-refractivity contribution in [2.75, 3.05) is 13.1 Å². The van der Waals surface area contributed by atoms with Crippen molar-refractivity contribution in [1.29, 1.82) is 0 Å². The number of carbonyl (C=O) groups is 1. The summed E-state index contributed by atoms with van der Waals surface area (Å²) in [4.78, 5) is 13.3. The van der Waals surface area contributed by atoms with Crippen LogP contribution in [0.1, 0.15) is 26.7 Å². The predicted octanol–water partition coefficient (Wildman–Crippen LogP) is 0.453. The summed E-state index contributed by atoms with van der Waals surface area (Å²) in [6.45, 7) is 4.45. The molecule has 0 aliphatic carbocycles. The van der Waals surface area contributed by atoms with Gasteiger partial charge in [0.25, 0.3) is 0 Å². The van der Waals surface area contributed by atoms with Crippen molar-refractivity contribution in [3.8, 4) is 0 Å². The van der Waals surface area contributed by atoms with Gasteiger partial charge in [0.1, 0.15) is 0 Å². The number of carbonyl (C=O) groups excluding carboxylic acids is 1. The predicted molar refractivity (Wildman–Crippen MR) is 57.1 cm³/mol. The number of hydrogen-bond donors (Lipinski definition) is 1. The van der Waals surface area contributed by atoms with Gasteiger partial charge in [0.05, 0.1) is 6.10 Å². The molecule has 0 saturated carbocycles. The summed E-state index contributed by atoms with van der Waals surface area (Å²) >= 11 is 0. The van der Waals surface area contributed by atoms with E-state index < -0.39 is 16.5 Å². The molecule has 1 rings (SSSR count). The normalized spacial score (nSPS) is 23.4. The summed E-state index contributed by atoms with van der Waals surface area (Å²) in [5, 5.41) is 0. The van der Waals surface area contributed by atoms with Crippen molar-refractivity contribution in [3.05, 3.63) is 0 Å². The molecule has 1 fully saturated rings. The van der Waals surface area contributed by atoms with E-state index >= 15 is 0 Å². The van der Waals surface area contributed by atoms with Crippen LogP contribution in [-0.4, -0.2) is 43.0 Å². The molecular weight excluding hydrogens is 234 g/mol. The molecule has 1 heterocycles. The Labute approximate surface area is 95.5 Å². The molecular formula is C9H17NO5S. The van der Waals surface area contributed by atoms with Crippen LogP contribution in [0.25, 0.3) is 0 Å². The highest BCUT2D eigenvalue weighted by Crippen LogP contribution is 2.17. The second-order valence-corrected chi connectivity index (χ2v) is 5.08. The number of likely N-dealkylation sites (tertiary alicyclic amines) is 1. The standard InChI is InChI=1S/C9H17NO5S/c1-3-7(2)9(11)10-5-4-8(6-10)15-16(12,13)14/h7-8H,3-6H2,1-2H3,(H,12,13,14)/t7?,8-/m0/s1. The van der Waals surface area contributed by atoms with Crippen LogP contribution in [0.4, 0.5) is 0 Å². The monoisotopic (exact) mass is 251 g/mol. The zero-order valence-corrected chi connectivity index (χ0v) is 10.2. The largest absolute Gasteiger partial charge is 0.397 e. The van der Waals surface area contributed by atoms with Gasteiger partial charge in [-0.15, -0.1) is 0 Å². The fourth-order valence-corrected chi connectivity index (χ4v) is 2.17. The fourth-order valence-electron chi connectivity index (χ4n) is 1.67. The van der Waals surface area contributed by atoms with Gasteiger partial charge >= 0.3 is 10.4 Å². The van der Waals surface area contributed by atoms with Crippen molar-refractivity contribution in [3.63, 3.8) is 0 Å². The Morgan fingerprint density at radius 2 is 2.25 bits per heavy atom. The summed E-state index contributed by atoms with van der Waals surface area (Å²) < 4.78 is 33.9. The quantitative estimate of drug-likeness (QED) is 0.733. The van der Waals surface area contributed by atoms with Gasteiger partial charge in [-0.1, -0.05) is 13.8 Å². The van der Waals surface area contributed by atoms with E-state index in [1.807, 2.05) is 13.8 Å². The van der Waals surface area contributed by atoms with Gasteiger partial charge in [-0.05, 0) is 12.8 Å². The van der Waals surface area contributed by atoms with E-state index in [1.165, 1.54) is 0 Å². The maximum Gasteiger partial charge on any atom is 0.397 e. The molecule has 1 N–H and O–H groups in total. The molecule has 1 saturated heterocycles. The minimum Gasteiger partial charge on any atom is -0.340 e. The molecule has 1 unspecified atom stereocenters. The van der Waals surface area contributed by atoms with E-state index in [4.69, 9.17) is 4.55 Å². The second kappa shape index (κ2) is 5.11. The lowest BCUT2D eigenvalue weighted by molar-refractivity contribution is -0.134. The van der Waals surface area contributed by atoms with E-state index in [2.05, 4.69) is 4.18 Å². The summed E-state index contributed by atoms with van der Waals surface area (Å²) in [6, 6.07) is 0. The first-order valence-electron chi connectivity index (χ1n) is 5.28. The van der Waals surface area contributed by atoms with Crippen LogP contribution in [0.3, 0.4) is 0 Å². The third kappa shape index (κ3) is 3.73. The smallest absolute Gasteiger partial charge is 0.340 e. The molecule has 0 bridgehead atoms. The maximum absolute atomic E-state index is 11.7. The Morgan fingerprint density at radius 3 is 2.75 bits per heavy atom. The number of amides is 1. The van der Waals surface area contributed by atoms with E-state index in [1.54, 1.807) is 4.90 Å². The van der Waals surface area contributed by atoms with Crippen molar-refractivity contribution >= 4 is 16.3 Å². The van der Waals surface area contributed by atoms with Gasteiger partial charge in [0.2, 0.25) is 5.91 Å². The van der Waals surface area contributed by atoms with E-state index in [0.717, 1.165) is 6.42 Å². The number of hydrogen-bond acceptors (Lipinski definition) is 4. The molecule has 0 aromatic carbocycles. The van der Waals surface area contributed by atoms with E-state index in [0.29, 0.717) is 13.0 Å². The summed E-state index contributed by atoms with van der Waals surface area (Å²) in [5.41, 5.74) is 0.